The lowest BCUT2D eigenvalue weighted by atomic mass is 10.1. The van der Waals surface area contributed by atoms with Gasteiger partial charge in [0.25, 0.3) is 0 Å². The molecule has 1 aromatic carbocycles. The Balaban J connectivity index is 2.37. The summed E-state index contributed by atoms with van der Waals surface area (Å²) in [4.78, 5) is 1.24. The van der Waals surface area contributed by atoms with Gasteiger partial charge in [-0.25, -0.2) is 13.6 Å². The fourth-order valence-corrected chi connectivity index (χ4v) is 3.43. The summed E-state index contributed by atoms with van der Waals surface area (Å²) in [6.45, 7) is 2.06. The summed E-state index contributed by atoms with van der Waals surface area (Å²) in [5.74, 6) is 0.581. The molecule has 0 aliphatic heterocycles. The molecule has 21 heavy (non-hydrogen) atoms. The molecule has 3 N–H and O–H groups in total. The Morgan fingerprint density at radius 3 is 2.67 bits per heavy atom. The third kappa shape index (κ3) is 3.75. The van der Waals surface area contributed by atoms with E-state index < -0.39 is 10.0 Å². The van der Waals surface area contributed by atoms with E-state index >= 15 is 0 Å². The van der Waals surface area contributed by atoms with Crippen LogP contribution in [0.15, 0.2) is 40.6 Å². The van der Waals surface area contributed by atoms with E-state index in [4.69, 9.17) is 9.88 Å². The van der Waals surface area contributed by atoms with Crippen LogP contribution in [0.2, 0.25) is 0 Å². The van der Waals surface area contributed by atoms with Crippen LogP contribution in [0.5, 0.6) is 5.75 Å². The third-order valence-corrected chi connectivity index (χ3v) is 5.02. The van der Waals surface area contributed by atoms with Crippen molar-refractivity contribution < 1.29 is 13.2 Å². The van der Waals surface area contributed by atoms with Crippen LogP contribution in [0, 0.1) is 0 Å². The first kappa shape index (κ1) is 15.8. The van der Waals surface area contributed by atoms with Crippen LogP contribution in [0.3, 0.4) is 0 Å². The van der Waals surface area contributed by atoms with E-state index in [0.29, 0.717) is 11.4 Å². The molecule has 0 aliphatic rings. The topological polar surface area (TPSA) is 81.4 Å². The Hall–Kier alpha value is -1.57. The van der Waals surface area contributed by atoms with E-state index in [-0.39, 0.29) is 10.9 Å². The predicted octanol–water partition coefficient (Wildman–Crippen LogP) is 2.97. The van der Waals surface area contributed by atoms with Gasteiger partial charge in [-0.1, -0.05) is 13.0 Å². The molecule has 2 aromatic rings. The Morgan fingerprint density at radius 1 is 1.38 bits per heavy atom. The van der Waals surface area contributed by atoms with Gasteiger partial charge in [0.05, 0.1) is 23.7 Å². The fraction of sp³-hybridized carbons (Fsp3) is 0.286. The van der Waals surface area contributed by atoms with Crippen LogP contribution >= 0.6 is 11.3 Å². The van der Waals surface area contributed by atoms with Gasteiger partial charge in [0.2, 0.25) is 10.0 Å². The maximum absolute atomic E-state index is 11.5. The van der Waals surface area contributed by atoms with Crippen molar-refractivity contribution in [3.63, 3.8) is 0 Å². The molecule has 1 aromatic heterocycles. The largest absolute Gasteiger partial charge is 0.495 e. The molecule has 1 unspecified atom stereocenters. The molecular formula is C14H18N2O3S2. The Labute approximate surface area is 128 Å². The van der Waals surface area contributed by atoms with E-state index in [0.717, 1.165) is 6.42 Å². The SMILES string of the molecule is CCC(Nc1cc(S(N)(=O)=O)ccc1OC)c1cccs1. The van der Waals surface area contributed by atoms with E-state index in [9.17, 15) is 8.42 Å². The van der Waals surface area contributed by atoms with Crippen LogP contribution in [0.25, 0.3) is 0 Å². The molecule has 0 amide bonds. The average Bonchev–Trinajstić information content (AvgIpc) is 2.97. The highest BCUT2D eigenvalue weighted by atomic mass is 32.2. The second-order valence-corrected chi connectivity index (χ2v) is 7.07. The minimum Gasteiger partial charge on any atom is -0.495 e. The second-order valence-electron chi connectivity index (χ2n) is 4.53. The molecule has 1 heterocycles. The number of nitrogens with two attached hydrogens (primary N) is 1. The number of primary sulfonamides is 1. The van der Waals surface area contributed by atoms with Crippen molar-refractivity contribution in [2.24, 2.45) is 5.14 Å². The highest BCUT2D eigenvalue weighted by Crippen LogP contribution is 2.32. The molecule has 2 rings (SSSR count). The number of benzene rings is 1. The molecular weight excluding hydrogens is 308 g/mol. The number of sulfonamides is 1. The maximum Gasteiger partial charge on any atom is 0.238 e. The van der Waals surface area contributed by atoms with Gasteiger partial charge in [-0.05, 0) is 36.1 Å². The first-order chi connectivity index (χ1) is 9.95. The zero-order valence-electron chi connectivity index (χ0n) is 11.9. The first-order valence-electron chi connectivity index (χ1n) is 6.46. The third-order valence-electron chi connectivity index (χ3n) is 3.12. The number of rotatable bonds is 6. The van der Waals surface area contributed by atoms with Crippen LogP contribution < -0.4 is 15.2 Å². The molecule has 5 nitrogen and oxygen atoms in total. The van der Waals surface area contributed by atoms with Gasteiger partial charge in [0.1, 0.15) is 5.75 Å². The van der Waals surface area contributed by atoms with Crippen molar-refractivity contribution in [3.8, 4) is 5.75 Å². The molecule has 114 valence electrons. The van der Waals surface area contributed by atoms with Gasteiger partial charge in [0, 0.05) is 4.88 Å². The van der Waals surface area contributed by atoms with Gasteiger partial charge >= 0.3 is 0 Å². The van der Waals surface area contributed by atoms with Crippen LogP contribution in [-0.2, 0) is 10.0 Å². The number of methoxy groups -OCH3 is 1. The van der Waals surface area contributed by atoms with E-state index in [1.807, 2.05) is 17.5 Å². The van der Waals surface area contributed by atoms with Crippen molar-refractivity contribution >= 4 is 27.0 Å². The van der Waals surface area contributed by atoms with Gasteiger partial charge in [-0.2, -0.15) is 0 Å². The molecule has 0 aliphatic carbocycles. The van der Waals surface area contributed by atoms with Crippen LogP contribution in [0.4, 0.5) is 5.69 Å². The Kier molecular flexibility index (Phi) is 4.87. The van der Waals surface area contributed by atoms with Gasteiger partial charge in [-0.3, -0.25) is 0 Å². The second kappa shape index (κ2) is 6.46. The zero-order valence-corrected chi connectivity index (χ0v) is 13.5. The monoisotopic (exact) mass is 326 g/mol. The van der Waals surface area contributed by atoms with Crippen LogP contribution in [-0.4, -0.2) is 15.5 Å². The molecule has 0 spiro atoms. The van der Waals surface area contributed by atoms with Crippen molar-refractivity contribution in [1.82, 2.24) is 0 Å². The highest BCUT2D eigenvalue weighted by Gasteiger charge is 2.16. The minimum atomic E-state index is -3.74. The van der Waals surface area contributed by atoms with Gasteiger partial charge in [-0.15, -0.1) is 11.3 Å². The van der Waals surface area contributed by atoms with Gasteiger partial charge in [0.15, 0.2) is 0 Å². The Morgan fingerprint density at radius 2 is 2.14 bits per heavy atom. The predicted molar refractivity (Wildman–Crippen MR) is 85.3 cm³/mol. The van der Waals surface area contributed by atoms with E-state index in [2.05, 4.69) is 12.2 Å². The van der Waals surface area contributed by atoms with E-state index in [1.54, 1.807) is 24.5 Å². The molecule has 0 saturated carbocycles. The van der Waals surface area contributed by atoms with Crippen LogP contribution in [0.1, 0.15) is 24.3 Å². The number of ether oxygens (including phenoxy) is 1. The lowest BCUT2D eigenvalue weighted by Gasteiger charge is -2.19. The van der Waals surface area contributed by atoms with E-state index in [1.165, 1.54) is 17.0 Å². The summed E-state index contributed by atoms with van der Waals surface area (Å²) in [7, 11) is -2.19. The number of thiophene rings is 1. The number of hydrogen-bond acceptors (Lipinski definition) is 5. The van der Waals surface area contributed by atoms with Crippen molar-refractivity contribution in [2.45, 2.75) is 24.3 Å². The Bertz CT molecular complexity index is 697. The summed E-state index contributed by atoms with van der Waals surface area (Å²) in [6, 6.07) is 8.66. The van der Waals surface area contributed by atoms with Crippen molar-refractivity contribution in [2.75, 3.05) is 12.4 Å². The van der Waals surface area contributed by atoms with Crippen molar-refractivity contribution in [3.05, 3.63) is 40.6 Å². The quantitative estimate of drug-likeness (QED) is 0.855. The van der Waals surface area contributed by atoms with Crippen molar-refractivity contribution in [1.29, 1.82) is 0 Å². The maximum atomic E-state index is 11.5. The molecule has 0 radical (unpaired) electrons. The minimum absolute atomic E-state index is 0.0619. The molecule has 7 heteroatoms. The summed E-state index contributed by atoms with van der Waals surface area (Å²) in [5, 5.41) is 10.5. The molecule has 1 atom stereocenters. The summed E-state index contributed by atoms with van der Waals surface area (Å²) in [6.07, 6.45) is 0.864. The lowest BCUT2D eigenvalue weighted by molar-refractivity contribution is 0.415. The highest BCUT2D eigenvalue weighted by molar-refractivity contribution is 7.89. The zero-order chi connectivity index (χ0) is 15.5. The summed E-state index contributed by atoms with van der Waals surface area (Å²) < 4.78 is 28.2. The fourth-order valence-electron chi connectivity index (χ4n) is 2.03. The first-order valence-corrected chi connectivity index (χ1v) is 8.89. The summed E-state index contributed by atoms with van der Waals surface area (Å²) in [5.41, 5.74) is 0.615. The number of anilines is 1. The standard InChI is InChI=1S/C14H18N2O3S2/c1-3-11(14-5-4-8-20-14)16-12-9-10(21(15,17)18)6-7-13(12)19-2/h4-9,11,16H,3H2,1-2H3,(H2,15,17,18). The summed E-state index contributed by atoms with van der Waals surface area (Å²) >= 11 is 1.65. The molecule has 0 bridgehead atoms. The normalized spacial score (nSPS) is 12.9. The smallest absolute Gasteiger partial charge is 0.238 e. The average molecular weight is 326 g/mol. The molecule has 0 fully saturated rings. The number of nitrogens with one attached hydrogen (secondary N) is 1. The number of hydrogen-bond donors (Lipinski definition) is 2. The molecule has 0 saturated heterocycles. The lowest BCUT2D eigenvalue weighted by Crippen LogP contribution is -2.14. The van der Waals surface area contributed by atoms with Gasteiger partial charge < -0.3 is 10.1 Å².